The van der Waals surface area contributed by atoms with Gasteiger partial charge in [-0.3, -0.25) is 9.59 Å². The minimum absolute atomic E-state index is 0.0925. The van der Waals surface area contributed by atoms with E-state index in [1.54, 1.807) is 48.4 Å². The van der Waals surface area contributed by atoms with Crippen molar-refractivity contribution in [1.29, 1.82) is 0 Å². The number of methoxy groups -OCH3 is 2. The predicted octanol–water partition coefficient (Wildman–Crippen LogP) is 5.95. The fourth-order valence-electron chi connectivity index (χ4n) is 4.84. The fraction of sp³-hybridized carbons (Fsp3) is 0.344. The van der Waals surface area contributed by atoms with Gasteiger partial charge in [-0.25, -0.2) is 4.79 Å². The first kappa shape index (κ1) is 28.7. The summed E-state index contributed by atoms with van der Waals surface area (Å²) in [6.07, 6.45) is 2.04. The largest absolute Gasteiger partial charge is 0.496 e. The van der Waals surface area contributed by atoms with E-state index in [0.717, 1.165) is 35.3 Å². The molecule has 0 bridgehead atoms. The Hall–Kier alpha value is -4.33. The summed E-state index contributed by atoms with van der Waals surface area (Å²) >= 11 is 0. The summed E-state index contributed by atoms with van der Waals surface area (Å²) in [5.74, 6) is 0.317. The number of amides is 2. The molecule has 1 aliphatic heterocycles. The molecule has 3 aromatic rings. The van der Waals surface area contributed by atoms with Crippen molar-refractivity contribution >= 4 is 23.5 Å². The van der Waals surface area contributed by atoms with Crippen LogP contribution >= 0.6 is 0 Å². The quantitative estimate of drug-likeness (QED) is 0.237. The topological polar surface area (TPSA) is 94.2 Å². The highest BCUT2D eigenvalue weighted by molar-refractivity contribution is 6.05. The lowest BCUT2D eigenvalue weighted by Gasteiger charge is -2.28. The molecule has 4 rings (SSSR count). The third-order valence-corrected chi connectivity index (χ3v) is 7.01. The lowest BCUT2D eigenvalue weighted by molar-refractivity contribution is -0.147. The molecule has 210 valence electrons. The zero-order valence-corrected chi connectivity index (χ0v) is 23.7. The van der Waals surface area contributed by atoms with Crippen LogP contribution in [0.5, 0.6) is 11.5 Å². The lowest BCUT2D eigenvalue weighted by atomic mass is 9.99. The number of benzene rings is 3. The van der Waals surface area contributed by atoms with E-state index in [9.17, 15) is 14.4 Å². The molecule has 3 aromatic carbocycles. The number of ether oxygens (including phenoxy) is 3. The van der Waals surface area contributed by atoms with Crippen molar-refractivity contribution in [3.05, 3.63) is 77.4 Å². The van der Waals surface area contributed by atoms with E-state index in [0.29, 0.717) is 35.7 Å². The van der Waals surface area contributed by atoms with Crippen LogP contribution in [0.4, 0.5) is 5.69 Å². The summed E-state index contributed by atoms with van der Waals surface area (Å²) in [5.41, 5.74) is 4.06. The molecule has 1 heterocycles. The summed E-state index contributed by atoms with van der Waals surface area (Å²) in [6.45, 7) is 6.89. The molecule has 1 atom stereocenters. The van der Waals surface area contributed by atoms with Gasteiger partial charge in [0.15, 0.2) is 0 Å². The molecule has 0 radical (unpaired) electrons. The van der Waals surface area contributed by atoms with Crippen LogP contribution in [-0.4, -0.2) is 49.6 Å². The van der Waals surface area contributed by atoms with Gasteiger partial charge in [0.2, 0.25) is 0 Å². The molecule has 0 aliphatic carbocycles. The van der Waals surface area contributed by atoms with Crippen molar-refractivity contribution in [1.82, 2.24) is 4.90 Å². The highest BCUT2D eigenvalue weighted by Crippen LogP contribution is 2.36. The zero-order chi connectivity index (χ0) is 28.8. The number of hydrogen-bond donors (Lipinski definition) is 1. The predicted molar refractivity (Wildman–Crippen MR) is 154 cm³/mol. The second-order valence-corrected chi connectivity index (χ2v) is 10.1. The second-order valence-electron chi connectivity index (χ2n) is 10.1. The average Bonchev–Trinajstić information content (AvgIpc) is 3.28. The molecular weight excluding hydrogens is 508 g/mol. The number of unbranched alkanes of at least 4 members (excludes halogenated alkanes) is 1. The summed E-state index contributed by atoms with van der Waals surface area (Å²) in [4.78, 5) is 40.1. The maximum absolute atomic E-state index is 13.3. The van der Waals surface area contributed by atoms with Crippen molar-refractivity contribution in [3.63, 3.8) is 0 Å². The number of nitrogens with one attached hydrogen (secondary N) is 1. The van der Waals surface area contributed by atoms with E-state index >= 15 is 0 Å². The molecule has 0 aromatic heterocycles. The number of carbonyl (C=O) groups is 3. The molecule has 0 unspecified atom stereocenters. The molecule has 1 N–H and O–H groups in total. The van der Waals surface area contributed by atoms with Crippen LogP contribution in [0.15, 0.2) is 60.7 Å². The fourth-order valence-corrected chi connectivity index (χ4v) is 4.84. The minimum Gasteiger partial charge on any atom is -0.496 e. The first-order valence-electron chi connectivity index (χ1n) is 13.5. The molecule has 8 heteroatoms. The number of rotatable bonds is 11. The van der Waals surface area contributed by atoms with E-state index in [1.165, 1.54) is 7.11 Å². The van der Waals surface area contributed by atoms with E-state index in [1.807, 2.05) is 38.1 Å². The monoisotopic (exact) mass is 544 g/mol. The summed E-state index contributed by atoms with van der Waals surface area (Å²) in [5, 5.41) is 2.91. The van der Waals surface area contributed by atoms with Gasteiger partial charge in [-0.1, -0.05) is 39.3 Å². The van der Waals surface area contributed by atoms with Crippen LogP contribution < -0.4 is 14.8 Å². The van der Waals surface area contributed by atoms with Crippen molar-refractivity contribution in [2.24, 2.45) is 5.92 Å². The van der Waals surface area contributed by atoms with Crippen molar-refractivity contribution in [3.8, 4) is 22.6 Å². The molecule has 40 heavy (non-hydrogen) atoms. The molecule has 0 spiro atoms. The molecule has 2 amide bonds. The third kappa shape index (κ3) is 6.11. The van der Waals surface area contributed by atoms with Crippen LogP contribution in [0.3, 0.4) is 0 Å². The van der Waals surface area contributed by atoms with E-state index < -0.39 is 12.0 Å². The van der Waals surface area contributed by atoms with Crippen LogP contribution in [0, 0.1) is 5.92 Å². The second kappa shape index (κ2) is 12.7. The highest BCUT2D eigenvalue weighted by atomic mass is 16.5. The standard InChI is InChI=1S/C32H36N2O6/c1-6-7-16-40-25-13-10-21(11-14-25)30(35)33-24-12-15-26(28(18-24)38-4)22-8-9-23-19-34(31(36)27(23)17-22)29(20(2)3)32(37)39-5/h8-15,17-18,20,29H,6-7,16,19H2,1-5H3,(H,33,35)/t29-/m0/s1. The number of carbonyl (C=O) groups excluding carboxylic acids is 3. The number of hydrogen-bond acceptors (Lipinski definition) is 6. The Bertz CT molecular complexity index is 1380. The van der Waals surface area contributed by atoms with E-state index in [-0.39, 0.29) is 17.7 Å². The van der Waals surface area contributed by atoms with Gasteiger partial charge in [-0.2, -0.15) is 0 Å². The summed E-state index contributed by atoms with van der Waals surface area (Å²) in [6, 6.07) is 17.5. The van der Waals surface area contributed by atoms with Gasteiger partial charge in [-0.15, -0.1) is 0 Å². The summed E-state index contributed by atoms with van der Waals surface area (Å²) in [7, 11) is 2.90. The number of esters is 1. The Kier molecular flexibility index (Phi) is 9.09. The smallest absolute Gasteiger partial charge is 0.328 e. The van der Waals surface area contributed by atoms with Crippen molar-refractivity contribution < 1.29 is 28.6 Å². The van der Waals surface area contributed by atoms with Gasteiger partial charge in [0.05, 0.1) is 20.8 Å². The molecule has 0 fully saturated rings. The molecule has 0 saturated heterocycles. The molecule has 1 aliphatic rings. The Morgan fingerprint density at radius 2 is 1.73 bits per heavy atom. The van der Waals surface area contributed by atoms with E-state index in [2.05, 4.69) is 12.2 Å². The maximum atomic E-state index is 13.3. The summed E-state index contributed by atoms with van der Waals surface area (Å²) < 4.78 is 16.3. The Morgan fingerprint density at radius 1 is 0.975 bits per heavy atom. The zero-order valence-electron chi connectivity index (χ0n) is 23.7. The van der Waals surface area contributed by atoms with Crippen LogP contribution in [-0.2, 0) is 16.1 Å². The first-order valence-corrected chi connectivity index (χ1v) is 13.5. The van der Waals surface area contributed by atoms with Gasteiger partial charge in [-0.05, 0) is 65.9 Å². The lowest BCUT2D eigenvalue weighted by Crippen LogP contribution is -2.45. The van der Waals surface area contributed by atoms with Gasteiger partial charge >= 0.3 is 5.97 Å². The van der Waals surface area contributed by atoms with Gasteiger partial charge < -0.3 is 24.4 Å². The van der Waals surface area contributed by atoms with E-state index in [4.69, 9.17) is 14.2 Å². The third-order valence-electron chi connectivity index (χ3n) is 7.01. The molecular formula is C32H36N2O6. The number of anilines is 1. The van der Waals surface area contributed by atoms with Crippen molar-refractivity contribution in [2.45, 2.75) is 46.2 Å². The Labute approximate surface area is 235 Å². The average molecular weight is 545 g/mol. The SMILES string of the molecule is CCCCOc1ccc(C(=O)Nc2ccc(-c3ccc4c(c3)C(=O)N([C@H](C(=O)OC)C(C)C)C4)c(OC)c2)cc1. The molecule has 0 saturated carbocycles. The van der Waals surface area contributed by atoms with Crippen LogP contribution in [0.2, 0.25) is 0 Å². The Balaban J connectivity index is 1.51. The van der Waals surface area contributed by atoms with Gasteiger partial charge in [0.25, 0.3) is 11.8 Å². The highest BCUT2D eigenvalue weighted by Gasteiger charge is 2.38. The van der Waals surface area contributed by atoms with Gasteiger partial charge in [0, 0.05) is 35.0 Å². The van der Waals surface area contributed by atoms with Crippen LogP contribution in [0.25, 0.3) is 11.1 Å². The molecule has 8 nitrogen and oxygen atoms in total. The number of nitrogens with zero attached hydrogens (tertiary/aromatic N) is 1. The van der Waals surface area contributed by atoms with Crippen molar-refractivity contribution in [2.75, 3.05) is 26.1 Å². The number of fused-ring (bicyclic) bond motifs is 1. The first-order chi connectivity index (χ1) is 19.3. The minimum atomic E-state index is -0.657. The van der Waals surface area contributed by atoms with Crippen LogP contribution in [0.1, 0.15) is 59.9 Å². The van der Waals surface area contributed by atoms with Gasteiger partial charge in [0.1, 0.15) is 17.5 Å². The Morgan fingerprint density at radius 3 is 2.38 bits per heavy atom. The normalized spacial score (nSPS) is 13.2. The maximum Gasteiger partial charge on any atom is 0.328 e.